The van der Waals surface area contributed by atoms with Gasteiger partial charge in [-0.2, -0.15) is 0 Å². The Bertz CT molecular complexity index is 901. The highest BCUT2D eigenvalue weighted by atomic mass is 35.5. The van der Waals surface area contributed by atoms with Crippen molar-refractivity contribution in [2.45, 2.75) is 55.8 Å². The highest BCUT2D eigenvalue weighted by Crippen LogP contribution is 2.23. The van der Waals surface area contributed by atoms with E-state index >= 15 is 0 Å². The number of hydrogen-bond acceptors (Lipinski definition) is 5. The SMILES string of the molecule is CCCCc1nc(Cl)c(C=O)n1Cc1ccc(S(=O)(=O)C2CCCN2)cc1. The Labute approximate surface area is 164 Å². The Balaban J connectivity index is 1.83. The molecule has 1 atom stereocenters. The van der Waals surface area contributed by atoms with Gasteiger partial charge in [0, 0.05) is 13.0 Å². The van der Waals surface area contributed by atoms with Crippen LogP contribution in [0.2, 0.25) is 5.15 Å². The summed E-state index contributed by atoms with van der Waals surface area (Å²) < 4.78 is 27.1. The van der Waals surface area contributed by atoms with Crippen molar-refractivity contribution in [3.05, 3.63) is 46.5 Å². The average Bonchev–Trinajstić information content (AvgIpc) is 3.29. The van der Waals surface area contributed by atoms with Crippen LogP contribution in [-0.2, 0) is 22.8 Å². The summed E-state index contributed by atoms with van der Waals surface area (Å²) in [6.45, 7) is 3.25. The van der Waals surface area contributed by atoms with E-state index in [1.807, 2.05) is 4.57 Å². The zero-order chi connectivity index (χ0) is 19.4. The molecule has 0 saturated carbocycles. The van der Waals surface area contributed by atoms with E-state index in [1.54, 1.807) is 24.3 Å². The molecule has 1 fully saturated rings. The van der Waals surface area contributed by atoms with Crippen LogP contribution in [0.3, 0.4) is 0 Å². The molecular weight excluding hydrogens is 386 g/mol. The van der Waals surface area contributed by atoms with Gasteiger partial charge in [0.15, 0.2) is 21.3 Å². The summed E-state index contributed by atoms with van der Waals surface area (Å²) in [4.78, 5) is 16.1. The van der Waals surface area contributed by atoms with Crippen LogP contribution in [0.25, 0.3) is 0 Å². The first kappa shape index (κ1) is 20.0. The van der Waals surface area contributed by atoms with Crippen molar-refractivity contribution in [3.8, 4) is 0 Å². The molecule has 2 heterocycles. The number of hydrogen-bond donors (Lipinski definition) is 1. The van der Waals surface area contributed by atoms with Crippen LogP contribution >= 0.6 is 11.6 Å². The highest BCUT2D eigenvalue weighted by molar-refractivity contribution is 7.92. The molecule has 146 valence electrons. The maximum atomic E-state index is 12.6. The van der Waals surface area contributed by atoms with Crippen LogP contribution in [0, 0.1) is 0 Å². The van der Waals surface area contributed by atoms with Crippen LogP contribution in [0.5, 0.6) is 0 Å². The van der Waals surface area contributed by atoms with Gasteiger partial charge in [-0.25, -0.2) is 13.4 Å². The molecule has 0 amide bonds. The Morgan fingerprint density at radius 1 is 1.33 bits per heavy atom. The van der Waals surface area contributed by atoms with Crippen molar-refractivity contribution in [2.75, 3.05) is 6.54 Å². The molecule has 1 aromatic carbocycles. The lowest BCUT2D eigenvalue weighted by atomic mass is 10.2. The Hall–Kier alpha value is -1.70. The molecule has 6 nitrogen and oxygen atoms in total. The maximum Gasteiger partial charge on any atom is 0.194 e. The molecule has 1 aliphatic rings. The van der Waals surface area contributed by atoms with E-state index in [0.29, 0.717) is 23.6 Å². The number of benzene rings is 1. The summed E-state index contributed by atoms with van der Waals surface area (Å²) in [5, 5.41) is 2.75. The summed E-state index contributed by atoms with van der Waals surface area (Å²) in [6.07, 6.45) is 4.94. The fraction of sp³-hybridized carbons (Fsp3) is 0.474. The van der Waals surface area contributed by atoms with Gasteiger partial charge in [0.2, 0.25) is 0 Å². The molecule has 27 heavy (non-hydrogen) atoms. The average molecular weight is 410 g/mol. The normalized spacial score (nSPS) is 17.3. The number of aromatic nitrogens is 2. The third-order valence-corrected chi connectivity index (χ3v) is 7.25. The van der Waals surface area contributed by atoms with E-state index in [9.17, 15) is 13.2 Å². The first-order valence-corrected chi connectivity index (χ1v) is 11.2. The van der Waals surface area contributed by atoms with Gasteiger partial charge in [0.1, 0.15) is 16.9 Å². The number of carbonyl (C=O) groups is 1. The molecule has 1 N–H and O–H groups in total. The van der Waals surface area contributed by atoms with E-state index in [0.717, 1.165) is 49.9 Å². The van der Waals surface area contributed by atoms with Gasteiger partial charge in [-0.15, -0.1) is 0 Å². The number of unbranched alkanes of at least 4 members (excludes halogenated alkanes) is 1. The Morgan fingerprint density at radius 3 is 2.67 bits per heavy atom. The van der Waals surface area contributed by atoms with Gasteiger partial charge in [0.05, 0.1) is 4.90 Å². The summed E-state index contributed by atoms with van der Waals surface area (Å²) in [7, 11) is -3.36. The van der Waals surface area contributed by atoms with Gasteiger partial charge in [-0.3, -0.25) is 4.79 Å². The van der Waals surface area contributed by atoms with Gasteiger partial charge < -0.3 is 9.88 Å². The number of rotatable bonds is 8. The van der Waals surface area contributed by atoms with Crippen LogP contribution in [0.4, 0.5) is 0 Å². The first-order chi connectivity index (χ1) is 13.0. The topological polar surface area (TPSA) is 81.1 Å². The monoisotopic (exact) mass is 409 g/mol. The number of nitrogens with one attached hydrogen (secondary N) is 1. The maximum absolute atomic E-state index is 12.6. The molecule has 2 aromatic rings. The van der Waals surface area contributed by atoms with Crippen LogP contribution in [0.1, 0.15) is 54.5 Å². The predicted octanol–water partition coefficient (Wildman–Crippen LogP) is 3.22. The molecule has 3 rings (SSSR count). The Kier molecular flexibility index (Phi) is 6.34. The predicted molar refractivity (Wildman–Crippen MR) is 105 cm³/mol. The van der Waals surface area contributed by atoms with E-state index in [2.05, 4.69) is 17.2 Å². The summed E-state index contributed by atoms with van der Waals surface area (Å²) in [5.74, 6) is 0.774. The van der Waals surface area contributed by atoms with Crippen molar-refractivity contribution < 1.29 is 13.2 Å². The number of imidazole rings is 1. The van der Waals surface area contributed by atoms with Crippen molar-refractivity contribution in [1.82, 2.24) is 14.9 Å². The van der Waals surface area contributed by atoms with E-state index < -0.39 is 15.2 Å². The second-order valence-electron chi connectivity index (χ2n) is 6.79. The number of sulfone groups is 1. The second kappa shape index (κ2) is 8.54. The van der Waals surface area contributed by atoms with Gasteiger partial charge in [-0.1, -0.05) is 37.1 Å². The minimum Gasteiger partial charge on any atom is -0.320 e. The lowest BCUT2D eigenvalue weighted by molar-refractivity contribution is 0.111. The summed E-state index contributed by atoms with van der Waals surface area (Å²) in [5.41, 5.74) is 1.25. The molecule has 0 aliphatic carbocycles. The van der Waals surface area contributed by atoms with Crippen LogP contribution in [-0.4, -0.2) is 36.2 Å². The third-order valence-electron chi connectivity index (χ3n) is 4.89. The van der Waals surface area contributed by atoms with Crippen LogP contribution in [0.15, 0.2) is 29.2 Å². The molecule has 1 unspecified atom stereocenters. The zero-order valence-corrected chi connectivity index (χ0v) is 16.9. The number of halogens is 1. The van der Waals surface area contributed by atoms with Gasteiger partial charge in [-0.05, 0) is 43.5 Å². The molecule has 1 saturated heterocycles. The molecule has 0 bridgehead atoms. The molecule has 1 aliphatic heterocycles. The Morgan fingerprint density at radius 2 is 2.07 bits per heavy atom. The van der Waals surface area contributed by atoms with Crippen molar-refractivity contribution in [1.29, 1.82) is 0 Å². The molecule has 0 radical (unpaired) electrons. The standard InChI is InChI=1S/C19H24ClN3O3S/c1-2-3-5-17-22-19(20)16(13-24)23(17)12-14-7-9-15(10-8-14)27(25,26)18-6-4-11-21-18/h7-10,13,18,21H,2-6,11-12H2,1H3. The van der Waals surface area contributed by atoms with Gasteiger partial charge >= 0.3 is 0 Å². The van der Waals surface area contributed by atoms with Crippen molar-refractivity contribution >= 4 is 27.7 Å². The summed E-state index contributed by atoms with van der Waals surface area (Å²) >= 11 is 6.10. The number of aryl methyl sites for hydroxylation is 1. The van der Waals surface area contributed by atoms with Crippen molar-refractivity contribution in [2.24, 2.45) is 0 Å². The minimum absolute atomic E-state index is 0.211. The number of nitrogens with zero attached hydrogens (tertiary/aromatic N) is 2. The smallest absolute Gasteiger partial charge is 0.194 e. The number of aldehydes is 1. The fourth-order valence-corrected chi connectivity index (χ4v) is 5.25. The lowest BCUT2D eigenvalue weighted by Crippen LogP contribution is -2.30. The first-order valence-electron chi connectivity index (χ1n) is 9.23. The fourth-order valence-electron chi connectivity index (χ4n) is 3.34. The van der Waals surface area contributed by atoms with E-state index in [1.165, 1.54) is 0 Å². The molecule has 8 heteroatoms. The van der Waals surface area contributed by atoms with Gasteiger partial charge in [0.25, 0.3) is 0 Å². The van der Waals surface area contributed by atoms with Crippen molar-refractivity contribution in [3.63, 3.8) is 0 Å². The number of carbonyl (C=O) groups excluding carboxylic acids is 1. The quantitative estimate of drug-likeness (QED) is 0.677. The molecule has 1 aromatic heterocycles. The minimum atomic E-state index is -3.36. The van der Waals surface area contributed by atoms with E-state index in [-0.39, 0.29) is 5.15 Å². The largest absolute Gasteiger partial charge is 0.320 e. The molecule has 0 spiro atoms. The molecular formula is C19H24ClN3O3S. The van der Waals surface area contributed by atoms with E-state index in [4.69, 9.17) is 11.6 Å². The highest BCUT2D eigenvalue weighted by Gasteiger charge is 2.29. The third kappa shape index (κ3) is 4.25. The van der Waals surface area contributed by atoms with Crippen LogP contribution < -0.4 is 5.32 Å². The second-order valence-corrected chi connectivity index (χ2v) is 9.27. The zero-order valence-electron chi connectivity index (χ0n) is 15.3. The summed E-state index contributed by atoms with van der Waals surface area (Å²) in [6, 6.07) is 6.84. The lowest BCUT2D eigenvalue weighted by Gasteiger charge is -2.13.